The van der Waals surface area contributed by atoms with Gasteiger partial charge in [-0.1, -0.05) is 0 Å². The first-order chi connectivity index (χ1) is 6.63. The minimum Gasteiger partial charge on any atom is -0.204 e. The molecule has 0 saturated heterocycles. The van der Waals surface area contributed by atoms with Crippen LogP contribution in [0.15, 0.2) is 12.1 Å². The van der Waals surface area contributed by atoms with Gasteiger partial charge in [-0.15, -0.1) is 11.6 Å². The van der Waals surface area contributed by atoms with Crippen LogP contribution in [0.1, 0.15) is 17.9 Å². The lowest BCUT2D eigenvalue weighted by Gasteiger charge is -2.01. The van der Waals surface area contributed by atoms with Crippen molar-refractivity contribution >= 4 is 11.6 Å². The minimum absolute atomic E-state index is 0.0945. The molecule has 1 fully saturated rings. The van der Waals surface area contributed by atoms with Gasteiger partial charge in [0.2, 0.25) is 0 Å². The summed E-state index contributed by atoms with van der Waals surface area (Å²) in [7, 11) is 0. The molecule has 76 valence electrons. The zero-order chi connectivity index (χ0) is 10.3. The van der Waals surface area contributed by atoms with Crippen molar-refractivity contribution in [2.24, 2.45) is 5.92 Å². The summed E-state index contributed by atoms with van der Waals surface area (Å²) in [5, 5.41) is 0. The standard InChI is InChI=1S/C10H8ClF3/c11-4-6-1-7(6)5-2-8(12)10(14)9(13)3-5/h2-3,6-7H,1,4H2. The Labute approximate surface area is 84.7 Å². The molecule has 14 heavy (non-hydrogen) atoms. The van der Waals surface area contributed by atoms with Crippen LogP contribution in [0, 0.1) is 23.4 Å². The maximum atomic E-state index is 12.8. The predicted molar refractivity (Wildman–Crippen MR) is 47.9 cm³/mol. The Morgan fingerprint density at radius 2 is 1.79 bits per heavy atom. The summed E-state index contributed by atoms with van der Waals surface area (Å²) in [6, 6.07) is 2.10. The number of rotatable bonds is 2. The van der Waals surface area contributed by atoms with Crippen molar-refractivity contribution in [3.05, 3.63) is 35.1 Å². The second-order valence-electron chi connectivity index (χ2n) is 3.56. The molecule has 1 aromatic carbocycles. The first-order valence-electron chi connectivity index (χ1n) is 4.34. The van der Waals surface area contributed by atoms with Gasteiger partial charge in [0.15, 0.2) is 17.5 Å². The smallest absolute Gasteiger partial charge is 0.194 e. The molecule has 4 heteroatoms. The second kappa shape index (κ2) is 3.46. The molecule has 0 radical (unpaired) electrons. The molecule has 0 aromatic heterocycles. The highest BCUT2D eigenvalue weighted by atomic mass is 35.5. The average molecular weight is 221 g/mol. The molecule has 1 aliphatic rings. The van der Waals surface area contributed by atoms with Crippen LogP contribution in [0.25, 0.3) is 0 Å². The molecule has 0 heterocycles. The van der Waals surface area contributed by atoms with Crippen LogP contribution in [0.3, 0.4) is 0 Å². The Bertz CT molecular complexity index is 341. The van der Waals surface area contributed by atoms with Crippen LogP contribution in [0.2, 0.25) is 0 Å². The number of hydrogen-bond acceptors (Lipinski definition) is 0. The first kappa shape index (κ1) is 9.84. The Kier molecular flexibility index (Phi) is 2.43. The Morgan fingerprint density at radius 3 is 2.21 bits per heavy atom. The summed E-state index contributed by atoms with van der Waals surface area (Å²) in [4.78, 5) is 0. The van der Waals surface area contributed by atoms with Crippen LogP contribution in [-0.4, -0.2) is 5.88 Å². The zero-order valence-electron chi connectivity index (χ0n) is 7.24. The minimum atomic E-state index is -1.41. The van der Waals surface area contributed by atoms with Crippen LogP contribution < -0.4 is 0 Å². The van der Waals surface area contributed by atoms with Crippen LogP contribution in [0.4, 0.5) is 13.2 Å². The third kappa shape index (κ3) is 1.61. The van der Waals surface area contributed by atoms with Crippen molar-refractivity contribution < 1.29 is 13.2 Å². The lowest BCUT2D eigenvalue weighted by atomic mass is 10.1. The summed E-state index contributed by atoms with van der Waals surface area (Å²) in [5.41, 5.74) is 0.507. The van der Waals surface area contributed by atoms with Gasteiger partial charge in [0, 0.05) is 5.88 Å². The molecule has 1 saturated carbocycles. The van der Waals surface area contributed by atoms with Gasteiger partial charge in [0.1, 0.15) is 0 Å². The van der Waals surface area contributed by atoms with E-state index in [0.29, 0.717) is 11.4 Å². The van der Waals surface area contributed by atoms with Gasteiger partial charge in [-0.3, -0.25) is 0 Å². The predicted octanol–water partition coefficient (Wildman–Crippen LogP) is 3.45. The largest absolute Gasteiger partial charge is 0.204 e. The molecular formula is C10H8ClF3. The van der Waals surface area contributed by atoms with E-state index in [4.69, 9.17) is 11.6 Å². The second-order valence-corrected chi connectivity index (χ2v) is 3.86. The number of hydrogen-bond donors (Lipinski definition) is 0. The molecule has 2 atom stereocenters. The van der Waals surface area contributed by atoms with Crippen molar-refractivity contribution in [3.8, 4) is 0 Å². The summed E-state index contributed by atoms with van der Waals surface area (Å²) >= 11 is 5.59. The fourth-order valence-corrected chi connectivity index (χ4v) is 1.96. The molecule has 1 aliphatic carbocycles. The van der Waals surface area contributed by atoms with E-state index in [9.17, 15) is 13.2 Å². The normalized spacial score (nSPS) is 25.1. The van der Waals surface area contributed by atoms with Gasteiger partial charge in [-0.2, -0.15) is 0 Å². The van der Waals surface area contributed by atoms with Gasteiger partial charge >= 0.3 is 0 Å². The quantitative estimate of drug-likeness (QED) is 0.529. The van der Waals surface area contributed by atoms with E-state index in [1.807, 2.05) is 0 Å². The van der Waals surface area contributed by atoms with E-state index in [-0.39, 0.29) is 11.8 Å². The Hall–Kier alpha value is -0.700. The number of halogens is 4. The molecule has 0 N–H and O–H groups in total. The maximum absolute atomic E-state index is 12.8. The molecule has 0 bridgehead atoms. The fraction of sp³-hybridized carbons (Fsp3) is 0.400. The van der Waals surface area contributed by atoms with E-state index < -0.39 is 17.5 Å². The van der Waals surface area contributed by atoms with Crippen molar-refractivity contribution in [3.63, 3.8) is 0 Å². The third-order valence-electron chi connectivity index (χ3n) is 2.56. The first-order valence-corrected chi connectivity index (χ1v) is 4.87. The van der Waals surface area contributed by atoms with Gasteiger partial charge in [-0.25, -0.2) is 13.2 Å². The van der Waals surface area contributed by atoms with Crippen LogP contribution in [0.5, 0.6) is 0 Å². The molecule has 0 spiro atoms. The van der Waals surface area contributed by atoms with Gasteiger partial charge in [-0.05, 0) is 36.0 Å². The highest BCUT2D eigenvalue weighted by Gasteiger charge is 2.38. The van der Waals surface area contributed by atoms with Gasteiger partial charge < -0.3 is 0 Å². The van der Waals surface area contributed by atoms with Crippen molar-refractivity contribution in [1.29, 1.82) is 0 Å². The molecule has 0 aliphatic heterocycles. The molecule has 0 amide bonds. The highest BCUT2D eigenvalue weighted by molar-refractivity contribution is 6.18. The highest BCUT2D eigenvalue weighted by Crippen LogP contribution is 2.48. The van der Waals surface area contributed by atoms with Crippen molar-refractivity contribution in [1.82, 2.24) is 0 Å². The maximum Gasteiger partial charge on any atom is 0.194 e. The van der Waals surface area contributed by atoms with Gasteiger partial charge in [0.25, 0.3) is 0 Å². The molecule has 1 aromatic rings. The number of benzene rings is 1. The fourth-order valence-electron chi connectivity index (χ4n) is 1.62. The van der Waals surface area contributed by atoms with Crippen LogP contribution >= 0.6 is 11.6 Å². The lowest BCUT2D eigenvalue weighted by molar-refractivity contribution is 0.445. The van der Waals surface area contributed by atoms with Crippen LogP contribution in [-0.2, 0) is 0 Å². The SMILES string of the molecule is Fc1cc(C2CC2CCl)cc(F)c1F. The average Bonchev–Trinajstić information content (AvgIpc) is 2.92. The van der Waals surface area contributed by atoms with E-state index in [0.717, 1.165) is 18.6 Å². The van der Waals surface area contributed by atoms with Crippen molar-refractivity contribution in [2.45, 2.75) is 12.3 Å². The molecule has 2 rings (SSSR count). The zero-order valence-corrected chi connectivity index (χ0v) is 7.99. The van der Waals surface area contributed by atoms with Crippen molar-refractivity contribution in [2.75, 3.05) is 5.88 Å². The summed E-state index contributed by atoms with van der Waals surface area (Å²) in [5.74, 6) is -2.80. The summed E-state index contributed by atoms with van der Waals surface area (Å²) < 4.78 is 38.2. The molecule has 0 nitrogen and oxygen atoms in total. The monoisotopic (exact) mass is 220 g/mol. The van der Waals surface area contributed by atoms with E-state index >= 15 is 0 Å². The summed E-state index contributed by atoms with van der Waals surface area (Å²) in [6.45, 7) is 0. The molecule has 2 unspecified atom stereocenters. The van der Waals surface area contributed by atoms with Gasteiger partial charge in [0.05, 0.1) is 0 Å². The summed E-state index contributed by atoms with van der Waals surface area (Å²) in [6.07, 6.45) is 0.827. The van der Waals surface area contributed by atoms with E-state index in [1.54, 1.807) is 0 Å². The Balaban J connectivity index is 2.28. The van der Waals surface area contributed by atoms with E-state index in [1.165, 1.54) is 0 Å². The molecular weight excluding hydrogens is 213 g/mol. The Morgan fingerprint density at radius 1 is 1.21 bits per heavy atom. The van der Waals surface area contributed by atoms with E-state index in [2.05, 4.69) is 0 Å². The topological polar surface area (TPSA) is 0 Å². The number of alkyl halides is 1. The third-order valence-corrected chi connectivity index (χ3v) is 2.95. The lowest BCUT2D eigenvalue weighted by Crippen LogP contribution is -1.94.